The second-order valence-electron chi connectivity index (χ2n) is 5.85. The summed E-state index contributed by atoms with van der Waals surface area (Å²) >= 11 is 5.97. The molecular formula is C15H19ClN6O2. The van der Waals surface area contributed by atoms with Gasteiger partial charge in [0.15, 0.2) is 5.82 Å². The maximum Gasteiger partial charge on any atom is 0.289 e. The smallest absolute Gasteiger partial charge is 0.289 e. The third-order valence-corrected chi connectivity index (χ3v) is 4.54. The largest absolute Gasteiger partial charge is 0.350 e. The lowest BCUT2D eigenvalue weighted by molar-refractivity contribution is 0.0673. The lowest BCUT2D eigenvalue weighted by atomic mass is 9.96. The molecule has 0 radical (unpaired) electrons. The molecule has 3 heterocycles. The summed E-state index contributed by atoms with van der Waals surface area (Å²) in [6, 6.07) is 0. The summed E-state index contributed by atoms with van der Waals surface area (Å²) in [7, 11) is 1.68. The molecule has 0 saturated carbocycles. The number of nitrogens with zero attached hydrogens (tertiary/aromatic N) is 4. The monoisotopic (exact) mass is 350 g/mol. The number of H-pyrrole nitrogens is 1. The van der Waals surface area contributed by atoms with E-state index in [1.165, 1.54) is 10.9 Å². The number of nitrogens with one attached hydrogen (secondary N) is 2. The highest BCUT2D eigenvalue weighted by Gasteiger charge is 2.25. The second kappa shape index (κ2) is 7.04. The number of hydrogen-bond donors (Lipinski definition) is 2. The summed E-state index contributed by atoms with van der Waals surface area (Å²) in [5, 5.41) is 7.20. The van der Waals surface area contributed by atoms with Crippen molar-refractivity contribution in [3.05, 3.63) is 35.1 Å². The van der Waals surface area contributed by atoms with Crippen LogP contribution in [-0.2, 0) is 7.05 Å². The Balaban J connectivity index is 1.47. The first-order valence-corrected chi connectivity index (χ1v) is 8.18. The zero-order valence-corrected chi connectivity index (χ0v) is 14.1. The van der Waals surface area contributed by atoms with E-state index in [-0.39, 0.29) is 11.8 Å². The molecule has 1 saturated heterocycles. The van der Waals surface area contributed by atoms with Crippen molar-refractivity contribution < 1.29 is 9.59 Å². The molecule has 2 aromatic rings. The van der Waals surface area contributed by atoms with Crippen LogP contribution in [0, 0.1) is 5.92 Å². The van der Waals surface area contributed by atoms with Crippen LogP contribution in [0.2, 0.25) is 5.02 Å². The molecule has 3 rings (SSSR count). The average Bonchev–Trinajstić information content (AvgIpc) is 3.23. The highest BCUT2D eigenvalue weighted by Crippen LogP contribution is 2.18. The number of halogens is 1. The first kappa shape index (κ1) is 16.5. The second-order valence-corrected chi connectivity index (χ2v) is 6.26. The van der Waals surface area contributed by atoms with Gasteiger partial charge in [0.05, 0.1) is 11.2 Å². The SMILES string of the molecule is Cn1ncc(Cl)c1C(=O)NCC1CCN(C(=O)c2ncc[nH]2)CC1. The van der Waals surface area contributed by atoms with Crippen molar-refractivity contribution in [3.8, 4) is 0 Å². The Morgan fingerprint density at radius 2 is 2.17 bits per heavy atom. The summed E-state index contributed by atoms with van der Waals surface area (Å²) in [4.78, 5) is 33.0. The van der Waals surface area contributed by atoms with E-state index in [2.05, 4.69) is 20.4 Å². The number of rotatable bonds is 4. The molecule has 0 aliphatic carbocycles. The van der Waals surface area contributed by atoms with E-state index in [0.29, 0.717) is 42.1 Å². The molecule has 1 aliphatic heterocycles. The third-order valence-electron chi connectivity index (χ3n) is 4.26. The van der Waals surface area contributed by atoms with Crippen LogP contribution >= 0.6 is 11.6 Å². The number of piperidine rings is 1. The number of carbonyl (C=O) groups is 2. The zero-order valence-electron chi connectivity index (χ0n) is 13.3. The molecule has 0 bridgehead atoms. The number of imidazole rings is 1. The Morgan fingerprint density at radius 1 is 1.42 bits per heavy atom. The molecule has 8 nitrogen and oxygen atoms in total. The van der Waals surface area contributed by atoms with Crippen LogP contribution in [0.1, 0.15) is 33.9 Å². The summed E-state index contributed by atoms with van der Waals surface area (Å²) in [6.45, 7) is 1.88. The highest BCUT2D eigenvalue weighted by molar-refractivity contribution is 6.33. The number of likely N-dealkylation sites (tertiary alicyclic amines) is 1. The Labute approximate surface area is 144 Å². The average molecular weight is 351 g/mol. The van der Waals surface area contributed by atoms with Gasteiger partial charge >= 0.3 is 0 Å². The van der Waals surface area contributed by atoms with E-state index in [1.54, 1.807) is 24.3 Å². The topological polar surface area (TPSA) is 95.9 Å². The van der Waals surface area contributed by atoms with E-state index in [0.717, 1.165) is 12.8 Å². The lowest BCUT2D eigenvalue weighted by Gasteiger charge is -2.31. The minimum Gasteiger partial charge on any atom is -0.350 e. The third kappa shape index (κ3) is 3.43. The molecular weight excluding hydrogens is 332 g/mol. The number of aromatic amines is 1. The first-order valence-electron chi connectivity index (χ1n) is 7.80. The fourth-order valence-electron chi connectivity index (χ4n) is 2.86. The number of carbonyl (C=O) groups excluding carboxylic acids is 2. The standard InChI is InChI=1S/C15H19ClN6O2/c1-21-12(11(16)9-20-21)14(23)19-8-10-2-6-22(7-3-10)15(24)13-17-4-5-18-13/h4-5,9-10H,2-3,6-8H2,1H3,(H,17,18)(H,19,23). The number of aromatic nitrogens is 4. The minimum absolute atomic E-state index is 0.0795. The van der Waals surface area contributed by atoms with Gasteiger partial charge in [0, 0.05) is 39.1 Å². The Kier molecular flexibility index (Phi) is 4.84. The van der Waals surface area contributed by atoms with E-state index in [4.69, 9.17) is 11.6 Å². The van der Waals surface area contributed by atoms with Gasteiger partial charge in [0.1, 0.15) is 5.69 Å². The Morgan fingerprint density at radius 3 is 2.75 bits per heavy atom. The molecule has 2 amide bonds. The van der Waals surface area contributed by atoms with Crippen molar-refractivity contribution >= 4 is 23.4 Å². The normalized spacial score (nSPS) is 15.5. The van der Waals surface area contributed by atoms with E-state index in [1.807, 2.05) is 0 Å². The molecule has 1 fully saturated rings. The van der Waals surface area contributed by atoms with Crippen LogP contribution in [0.5, 0.6) is 0 Å². The molecule has 0 aromatic carbocycles. The summed E-state index contributed by atoms with van der Waals surface area (Å²) in [5.74, 6) is 0.396. The molecule has 2 aromatic heterocycles. The van der Waals surface area contributed by atoms with Crippen molar-refractivity contribution in [1.82, 2.24) is 30.0 Å². The molecule has 1 aliphatic rings. The number of aryl methyl sites for hydroxylation is 1. The summed E-state index contributed by atoms with van der Waals surface area (Å²) in [6.07, 6.45) is 6.34. The van der Waals surface area contributed by atoms with E-state index in [9.17, 15) is 9.59 Å². The quantitative estimate of drug-likeness (QED) is 0.862. The van der Waals surface area contributed by atoms with E-state index >= 15 is 0 Å². The molecule has 128 valence electrons. The fraction of sp³-hybridized carbons (Fsp3) is 0.467. The molecule has 2 N–H and O–H groups in total. The summed E-state index contributed by atoms with van der Waals surface area (Å²) in [5.41, 5.74) is 0.363. The van der Waals surface area contributed by atoms with Gasteiger partial charge in [-0.2, -0.15) is 5.10 Å². The Bertz CT molecular complexity index is 699. The molecule has 24 heavy (non-hydrogen) atoms. The van der Waals surface area contributed by atoms with Crippen LogP contribution in [0.25, 0.3) is 0 Å². The van der Waals surface area contributed by atoms with Crippen molar-refractivity contribution in [2.24, 2.45) is 13.0 Å². The van der Waals surface area contributed by atoms with Crippen LogP contribution in [0.15, 0.2) is 18.6 Å². The predicted octanol–water partition coefficient (Wildman–Crippen LogP) is 1.08. The zero-order chi connectivity index (χ0) is 17.1. The van der Waals surface area contributed by atoms with Crippen molar-refractivity contribution in [1.29, 1.82) is 0 Å². The van der Waals surface area contributed by atoms with Crippen LogP contribution < -0.4 is 5.32 Å². The van der Waals surface area contributed by atoms with Crippen LogP contribution in [-0.4, -0.2) is 56.1 Å². The van der Waals surface area contributed by atoms with Gasteiger partial charge in [-0.05, 0) is 18.8 Å². The maximum atomic E-state index is 12.2. The number of hydrogen-bond acceptors (Lipinski definition) is 4. The minimum atomic E-state index is -0.228. The summed E-state index contributed by atoms with van der Waals surface area (Å²) < 4.78 is 1.46. The van der Waals surface area contributed by atoms with Crippen LogP contribution in [0.3, 0.4) is 0 Å². The Hall–Kier alpha value is -2.35. The predicted molar refractivity (Wildman–Crippen MR) is 87.8 cm³/mol. The van der Waals surface area contributed by atoms with Gasteiger partial charge in [-0.15, -0.1) is 0 Å². The van der Waals surface area contributed by atoms with Gasteiger partial charge in [-0.1, -0.05) is 11.6 Å². The van der Waals surface area contributed by atoms with Gasteiger partial charge in [-0.3, -0.25) is 14.3 Å². The molecule has 0 atom stereocenters. The fourth-order valence-corrected chi connectivity index (χ4v) is 3.11. The van der Waals surface area contributed by atoms with Crippen molar-refractivity contribution in [2.45, 2.75) is 12.8 Å². The lowest BCUT2D eigenvalue weighted by Crippen LogP contribution is -2.42. The van der Waals surface area contributed by atoms with Gasteiger partial charge in [0.25, 0.3) is 11.8 Å². The number of amides is 2. The molecule has 0 spiro atoms. The molecule has 0 unspecified atom stereocenters. The van der Waals surface area contributed by atoms with Crippen molar-refractivity contribution in [2.75, 3.05) is 19.6 Å². The van der Waals surface area contributed by atoms with E-state index < -0.39 is 0 Å². The maximum absolute atomic E-state index is 12.2. The van der Waals surface area contributed by atoms with Crippen LogP contribution in [0.4, 0.5) is 0 Å². The van der Waals surface area contributed by atoms with Gasteiger partial charge < -0.3 is 15.2 Å². The van der Waals surface area contributed by atoms with Gasteiger partial charge in [-0.25, -0.2) is 4.98 Å². The molecule has 9 heteroatoms. The van der Waals surface area contributed by atoms with Crippen molar-refractivity contribution in [3.63, 3.8) is 0 Å². The van der Waals surface area contributed by atoms with Gasteiger partial charge in [0.2, 0.25) is 0 Å². The highest BCUT2D eigenvalue weighted by atomic mass is 35.5. The first-order chi connectivity index (χ1) is 11.6.